The number of amides is 1. The van der Waals surface area contributed by atoms with E-state index in [0.29, 0.717) is 25.4 Å². The van der Waals surface area contributed by atoms with Gasteiger partial charge in [0.05, 0.1) is 24.9 Å². The average molecular weight is 275 g/mol. The van der Waals surface area contributed by atoms with Crippen LogP contribution in [0, 0.1) is 0 Å². The Hall–Kier alpha value is -0.750. The number of hydrogen-bond donors (Lipinski definition) is 1. The molecule has 0 radical (unpaired) electrons. The van der Waals surface area contributed by atoms with Gasteiger partial charge in [-0.05, 0) is 12.2 Å². The zero-order chi connectivity index (χ0) is 13.4. The highest BCUT2D eigenvalue weighted by Gasteiger charge is 2.25. The third kappa shape index (κ3) is 5.73. The second-order valence-corrected chi connectivity index (χ2v) is 5.44. The largest absolute Gasteiger partial charge is 0.481 e. The van der Waals surface area contributed by atoms with Gasteiger partial charge in [-0.25, -0.2) is 0 Å². The van der Waals surface area contributed by atoms with Crippen LogP contribution in [-0.2, 0) is 14.3 Å². The number of carbonyl (C=O) groups is 2. The van der Waals surface area contributed by atoms with Crippen molar-refractivity contribution in [3.63, 3.8) is 0 Å². The van der Waals surface area contributed by atoms with Gasteiger partial charge in [-0.3, -0.25) is 9.59 Å². The first-order valence-electron chi connectivity index (χ1n) is 6.32. The first-order valence-corrected chi connectivity index (χ1v) is 7.48. The number of rotatable bonds is 7. The van der Waals surface area contributed by atoms with Gasteiger partial charge in [-0.1, -0.05) is 13.3 Å². The molecule has 1 aliphatic heterocycles. The Kier molecular flexibility index (Phi) is 7.12. The van der Waals surface area contributed by atoms with E-state index in [1.165, 1.54) is 0 Å². The first kappa shape index (κ1) is 15.3. The highest BCUT2D eigenvalue weighted by Crippen LogP contribution is 2.12. The molecule has 1 fully saturated rings. The molecule has 0 saturated carbocycles. The fraction of sp³-hybridized carbons (Fsp3) is 0.833. The molecule has 0 bridgehead atoms. The number of carboxylic acids is 1. The van der Waals surface area contributed by atoms with Crippen LogP contribution in [0.15, 0.2) is 0 Å². The molecule has 0 aliphatic carbocycles. The van der Waals surface area contributed by atoms with E-state index in [4.69, 9.17) is 9.84 Å². The Bertz CT molecular complexity index is 285. The summed E-state index contributed by atoms with van der Waals surface area (Å²) in [5.41, 5.74) is 0. The number of nitrogens with zero attached hydrogens (tertiary/aromatic N) is 1. The molecular weight excluding hydrogens is 254 g/mol. The molecule has 1 heterocycles. The average Bonchev–Trinajstić information content (AvgIpc) is 2.34. The van der Waals surface area contributed by atoms with Gasteiger partial charge in [0.15, 0.2) is 0 Å². The van der Waals surface area contributed by atoms with E-state index in [9.17, 15) is 9.59 Å². The number of carbonyl (C=O) groups excluding carboxylic acids is 1. The molecule has 0 aromatic rings. The van der Waals surface area contributed by atoms with Crippen molar-refractivity contribution in [1.82, 2.24) is 4.90 Å². The monoisotopic (exact) mass is 275 g/mol. The topological polar surface area (TPSA) is 66.8 Å². The summed E-state index contributed by atoms with van der Waals surface area (Å²) in [6, 6.07) is 0. The summed E-state index contributed by atoms with van der Waals surface area (Å²) < 4.78 is 5.33. The normalized spacial score (nSPS) is 19.8. The lowest BCUT2D eigenvalue weighted by atomic mass is 10.2. The summed E-state index contributed by atoms with van der Waals surface area (Å²) in [7, 11) is 0. The fourth-order valence-corrected chi connectivity index (χ4v) is 2.76. The third-order valence-electron chi connectivity index (χ3n) is 2.76. The van der Waals surface area contributed by atoms with Crippen LogP contribution < -0.4 is 0 Å². The highest BCUT2D eigenvalue weighted by atomic mass is 32.2. The number of unbranched alkanes of at least 4 members (excludes halogenated alkanes) is 1. The summed E-state index contributed by atoms with van der Waals surface area (Å²) in [6.07, 6.45) is 1.87. The minimum atomic E-state index is -0.883. The van der Waals surface area contributed by atoms with Crippen molar-refractivity contribution in [3.05, 3.63) is 0 Å². The van der Waals surface area contributed by atoms with Crippen molar-refractivity contribution >= 4 is 23.6 Å². The summed E-state index contributed by atoms with van der Waals surface area (Å²) in [4.78, 5) is 24.2. The van der Waals surface area contributed by atoms with Crippen molar-refractivity contribution < 1.29 is 19.4 Å². The predicted molar refractivity (Wildman–Crippen MR) is 70.8 cm³/mol. The van der Waals surface area contributed by atoms with Gasteiger partial charge in [0.25, 0.3) is 0 Å². The molecule has 0 spiro atoms. The molecule has 1 N–H and O–H groups in total. The number of carboxylic acid groups (broad SMARTS) is 1. The number of thioether (sulfide) groups is 1. The maximum Gasteiger partial charge on any atom is 0.306 e. The Balaban J connectivity index is 2.27. The quantitative estimate of drug-likeness (QED) is 0.708. The lowest BCUT2D eigenvalue weighted by molar-refractivity contribution is -0.146. The van der Waals surface area contributed by atoms with E-state index in [-0.39, 0.29) is 18.4 Å². The second kappa shape index (κ2) is 8.37. The maximum absolute atomic E-state index is 11.9. The van der Waals surface area contributed by atoms with E-state index in [1.807, 2.05) is 0 Å². The molecule has 6 heteroatoms. The molecule has 1 atom stereocenters. The molecule has 0 aromatic heterocycles. The lowest BCUT2D eigenvalue weighted by Crippen LogP contribution is -2.47. The zero-order valence-electron chi connectivity index (χ0n) is 10.8. The lowest BCUT2D eigenvalue weighted by Gasteiger charge is -2.32. The molecule has 1 saturated heterocycles. The van der Waals surface area contributed by atoms with Gasteiger partial charge in [-0.2, -0.15) is 11.8 Å². The van der Waals surface area contributed by atoms with E-state index < -0.39 is 5.97 Å². The van der Waals surface area contributed by atoms with Crippen molar-refractivity contribution in [2.24, 2.45) is 0 Å². The van der Waals surface area contributed by atoms with E-state index in [1.54, 1.807) is 16.7 Å². The van der Waals surface area contributed by atoms with Gasteiger partial charge < -0.3 is 14.7 Å². The molecule has 1 unspecified atom stereocenters. The zero-order valence-corrected chi connectivity index (χ0v) is 11.6. The van der Waals surface area contributed by atoms with Crippen molar-refractivity contribution in [3.8, 4) is 0 Å². The van der Waals surface area contributed by atoms with Crippen LogP contribution in [0.5, 0.6) is 0 Å². The fourth-order valence-electron chi connectivity index (χ4n) is 1.76. The van der Waals surface area contributed by atoms with E-state index in [0.717, 1.165) is 18.6 Å². The van der Waals surface area contributed by atoms with Crippen LogP contribution >= 0.6 is 11.8 Å². The molecule has 0 aromatic carbocycles. The van der Waals surface area contributed by atoms with Crippen LogP contribution in [-0.4, -0.2) is 59.2 Å². The third-order valence-corrected chi connectivity index (χ3v) is 3.79. The number of aliphatic carboxylic acids is 1. The van der Waals surface area contributed by atoms with Crippen molar-refractivity contribution in [1.29, 1.82) is 0 Å². The van der Waals surface area contributed by atoms with Gasteiger partial charge in [0, 0.05) is 13.1 Å². The standard InChI is InChI=1S/C12H21NO4S/c1-2-3-6-18-9-11(14)13-4-5-17-10(8-13)7-12(15)16/h10H,2-9H2,1H3,(H,15,16). The van der Waals surface area contributed by atoms with Crippen LogP contribution in [0.1, 0.15) is 26.2 Å². The van der Waals surface area contributed by atoms with Gasteiger partial charge in [0.1, 0.15) is 0 Å². The van der Waals surface area contributed by atoms with Gasteiger partial charge in [0.2, 0.25) is 5.91 Å². The summed E-state index contributed by atoms with van der Waals surface area (Å²) in [5, 5.41) is 8.70. The Morgan fingerprint density at radius 3 is 2.94 bits per heavy atom. The summed E-state index contributed by atoms with van der Waals surface area (Å²) in [6.45, 7) is 3.53. The van der Waals surface area contributed by atoms with E-state index in [2.05, 4.69) is 6.92 Å². The molecule has 5 nitrogen and oxygen atoms in total. The number of ether oxygens (including phenoxy) is 1. The molecular formula is C12H21NO4S. The summed E-state index contributed by atoms with van der Waals surface area (Å²) >= 11 is 1.65. The molecule has 104 valence electrons. The van der Waals surface area contributed by atoms with Crippen LogP contribution in [0.3, 0.4) is 0 Å². The number of hydrogen-bond acceptors (Lipinski definition) is 4. The van der Waals surface area contributed by atoms with Crippen molar-refractivity contribution in [2.75, 3.05) is 31.2 Å². The van der Waals surface area contributed by atoms with Crippen LogP contribution in [0.2, 0.25) is 0 Å². The Labute approximate surface area is 112 Å². The maximum atomic E-state index is 11.9. The Morgan fingerprint density at radius 2 is 2.28 bits per heavy atom. The highest BCUT2D eigenvalue weighted by molar-refractivity contribution is 7.99. The summed E-state index contributed by atoms with van der Waals surface area (Å²) in [5.74, 6) is 0.701. The molecule has 1 amide bonds. The minimum absolute atomic E-state index is 0.0350. The smallest absolute Gasteiger partial charge is 0.306 e. The van der Waals surface area contributed by atoms with Crippen molar-refractivity contribution in [2.45, 2.75) is 32.3 Å². The Morgan fingerprint density at radius 1 is 1.50 bits per heavy atom. The van der Waals surface area contributed by atoms with Gasteiger partial charge in [-0.15, -0.1) is 0 Å². The molecule has 18 heavy (non-hydrogen) atoms. The second-order valence-electron chi connectivity index (χ2n) is 4.34. The predicted octanol–water partition coefficient (Wildman–Crippen LogP) is 1.22. The van der Waals surface area contributed by atoms with Gasteiger partial charge >= 0.3 is 5.97 Å². The minimum Gasteiger partial charge on any atom is -0.481 e. The first-order chi connectivity index (χ1) is 8.63. The SMILES string of the molecule is CCCCSCC(=O)N1CCOC(CC(=O)O)C1. The molecule has 1 rings (SSSR count). The number of morpholine rings is 1. The van der Waals surface area contributed by atoms with E-state index >= 15 is 0 Å². The molecule has 1 aliphatic rings. The van der Waals surface area contributed by atoms with Crippen LogP contribution in [0.4, 0.5) is 0 Å². The van der Waals surface area contributed by atoms with Crippen LogP contribution in [0.25, 0.3) is 0 Å².